The minimum Gasteiger partial charge on any atom is -0.352 e. The summed E-state index contributed by atoms with van der Waals surface area (Å²) >= 11 is 3.22. The van der Waals surface area contributed by atoms with Crippen LogP contribution in [0.15, 0.2) is 16.6 Å². The highest BCUT2D eigenvalue weighted by Gasteiger charge is 2.34. The van der Waals surface area contributed by atoms with Gasteiger partial charge in [0.1, 0.15) is 0 Å². The van der Waals surface area contributed by atoms with E-state index >= 15 is 0 Å². The van der Waals surface area contributed by atoms with Crippen LogP contribution in [0.4, 0.5) is 0 Å². The Balaban J connectivity index is 1.60. The first kappa shape index (κ1) is 22.3. The van der Waals surface area contributed by atoms with Crippen LogP contribution in [0.5, 0.6) is 0 Å². The van der Waals surface area contributed by atoms with Gasteiger partial charge in [-0.25, -0.2) is 0 Å². The third kappa shape index (κ3) is 5.43. The van der Waals surface area contributed by atoms with Gasteiger partial charge < -0.3 is 9.88 Å². The number of carbonyl (C=O) groups is 1. The third-order valence-corrected chi connectivity index (χ3v) is 8.09. The molecule has 1 amide bonds. The van der Waals surface area contributed by atoms with Gasteiger partial charge in [-0.15, -0.1) is 21.5 Å². The van der Waals surface area contributed by atoms with Crippen LogP contribution in [-0.2, 0) is 11.8 Å². The van der Waals surface area contributed by atoms with E-state index in [0.717, 1.165) is 23.0 Å². The molecule has 2 aromatic rings. The van der Waals surface area contributed by atoms with Crippen molar-refractivity contribution in [1.82, 2.24) is 20.1 Å². The highest BCUT2D eigenvalue weighted by atomic mass is 32.2. The van der Waals surface area contributed by atoms with Gasteiger partial charge in [-0.3, -0.25) is 4.79 Å². The van der Waals surface area contributed by atoms with E-state index in [1.54, 1.807) is 11.3 Å². The number of thiophene rings is 1. The average Bonchev–Trinajstić information content (AvgIpc) is 3.26. The van der Waals surface area contributed by atoms with E-state index in [2.05, 4.69) is 61.6 Å². The second-order valence-electron chi connectivity index (χ2n) is 9.48. The normalized spacial score (nSPS) is 20.2. The minimum atomic E-state index is 0.0957. The molecule has 1 aliphatic carbocycles. The van der Waals surface area contributed by atoms with Crippen molar-refractivity contribution < 1.29 is 4.79 Å². The van der Waals surface area contributed by atoms with E-state index in [-0.39, 0.29) is 17.4 Å². The molecule has 2 atom stereocenters. The summed E-state index contributed by atoms with van der Waals surface area (Å²) in [4.78, 5) is 14.0. The summed E-state index contributed by atoms with van der Waals surface area (Å²) in [5, 5.41) is 14.9. The molecular formula is C22H34N4OS2. The predicted molar refractivity (Wildman–Crippen MR) is 122 cm³/mol. The van der Waals surface area contributed by atoms with Gasteiger partial charge in [0.2, 0.25) is 5.91 Å². The lowest BCUT2D eigenvalue weighted by molar-refractivity contribution is -0.120. The van der Waals surface area contributed by atoms with Crippen molar-refractivity contribution in [1.29, 1.82) is 0 Å². The molecule has 1 aliphatic rings. The first-order valence-electron chi connectivity index (χ1n) is 10.6. The average molecular weight is 435 g/mol. The number of amides is 1. The molecule has 0 aliphatic heterocycles. The fourth-order valence-electron chi connectivity index (χ4n) is 4.18. The zero-order valence-electron chi connectivity index (χ0n) is 18.5. The van der Waals surface area contributed by atoms with Crippen molar-refractivity contribution >= 4 is 29.0 Å². The van der Waals surface area contributed by atoms with E-state index in [9.17, 15) is 4.79 Å². The van der Waals surface area contributed by atoms with Gasteiger partial charge in [-0.05, 0) is 36.2 Å². The van der Waals surface area contributed by atoms with Crippen LogP contribution in [0, 0.1) is 11.3 Å². The maximum atomic E-state index is 12.6. The monoisotopic (exact) mass is 434 g/mol. The lowest BCUT2D eigenvalue weighted by Crippen LogP contribution is -2.47. The number of nitrogens with zero attached hydrogens (tertiary/aromatic N) is 3. The topological polar surface area (TPSA) is 59.8 Å². The Hall–Kier alpha value is -1.34. The summed E-state index contributed by atoms with van der Waals surface area (Å²) < 4.78 is 1.99. The Morgan fingerprint density at radius 2 is 2.03 bits per heavy atom. The molecule has 1 saturated carbocycles. The number of nitrogens with one attached hydrogen (secondary N) is 1. The second kappa shape index (κ2) is 9.21. The number of thioether (sulfide) groups is 1. The summed E-state index contributed by atoms with van der Waals surface area (Å²) in [6, 6.07) is 2.48. The highest BCUT2D eigenvalue weighted by molar-refractivity contribution is 7.99. The van der Waals surface area contributed by atoms with Gasteiger partial charge in [0.05, 0.1) is 5.75 Å². The maximum Gasteiger partial charge on any atom is 0.230 e. The van der Waals surface area contributed by atoms with Crippen LogP contribution < -0.4 is 5.32 Å². The summed E-state index contributed by atoms with van der Waals surface area (Å²) in [5.41, 5.74) is 1.32. The smallest absolute Gasteiger partial charge is 0.230 e. The molecule has 0 radical (unpaired) electrons. The van der Waals surface area contributed by atoms with Crippen molar-refractivity contribution in [3.05, 3.63) is 16.3 Å². The van der Waals surface area contributed by atoms with Crippen LogP contribution in [0.25, 0.3) is 11.4 Å². The first-order valence-corrected chi connectivity index (χ1v) is 12.4. The lowest BCUT2D eigenvalue weighted by atomic mass is 9.69. The Kier molecular flexibility index (Phi) is 7.10. The van der Waals surface area contributed by atoms with E-state index in [0.29, 0.717) is 17.6 Å². The van der Waals surface area contributed by atoms with Crippen LogP contribution in [0.3, 0.4) is 0 Å². The predicted octanol–water partition coefficient (Wildman–Crippen LogP) is 5.48. The summed E-state index contributed by atoms with van der Waals surface area (Å²) in [6.07, 6.45) is 4.76. The van der Waals surface area contributed by atoms with E-state index < -0.39 is 0 Å². The highest BCUT2D eigenvalue weighted by Crippen LogP contribution is 2.38. The molecule has 0 unspecified atom stereocenters. The van der Waals surface area contributed by atoms with Crippen LogP contribution >= 0.6 is 23.1 Å². The molecule has 0 bridgehead atoms. The van der Waals surface area contributed by atoms with Crippen molar-refractivity contribution in [2.75, 3.05) is 5.75 Å². The van der Waals surface area contributed by atoms with Gasteiger partial charge in [0.25, 0.3) is 0 Å². The molecule has 29 heavy (non-hydrogen) atoms. The number of hydrogen-bond acceptors (Lipinski definition) is 5. The number of hydrogen-bond donors (Lipinski definition) is 1. The van der Waals surface area contributed by atoms with Crippen LogP contribution in [0.2, 0.25) is 0 Å². The molecule has 0 spiro atoms. The Morgan fingerprint density at radius 1 is 1.31 bits per heavy atom. The van der Waals surface area contributed by atoms with Gasteiger partial charge in [-0.1, -0.05) is 59.2 Å². The summed E-state index contributed by atoms with van der Waals surface area (Å²) in [5.74, 6) is 2.38. The molecule has 2 heterocycles. The Morgan fingerprint density at radius 3 is 2.69 bits per heavy atom. The van der Waals surface area contributed by atoms with E-state index in [1.807, 2.05) is 11.6 Å². The molecular weight excluding hydrogens is 400 g/mol. The maximum absolute atomic E-state index is 12.6. The fraction of sp³-hybridized carbons (Fsp3) is 0.682. The van der Waals surface area contributed by atoms with E-state index in [4.69, 9.17) is 0 Å². The number of aromatic nitrogens is 3. The number of rotatable bonds is 6. The second-order valence-corrected chi connectivity index (χ2v) is 11.4. The molecule has 160 valence electrons. The molecule has 0 aromatic carbocycles. The van der Waals surface area contributed by atoms with Crippen molar-refractivity contribution in [2.24, 2.45) is 18.4 Å². The van der Waals surface area contributed by atoms with E-state index in [1.165, 1.54) is 35.9 Å². The Bertz CT molecular complexity index is 834. The summed E-state index contributed by atoms with van der Waals surface area (Å²) in [7, 11) is 1.97. The Labute approximate surface area is 183 Å². The molecule has 7 heteroatoms. The molecule has 0 saturated heterocycles. The third-order valence-electron chi connectivity index (χ3n) is 5.84. The summed E-state index contributed by atoms with van der Waals surface area (Å²) in [6.45, 7) is 11.2. The van der Waals surface area contributed by atoms with Gasteiger partial charge in [-0.2, -0.15) is 0 Å². The largest absolute Gasteiger partial charge is 0.352 e. The SMILES string of the molecule is CC(C)c1cc(-c2nnc(SCC(=O)N[C@H]3CCCC[C@H]3C(C)(C)C)n2C)cs1. The van der Waals surface area contributed by atoms with Crippen molar-refractivity contribution in [3.8, 4) is 11.4 Å². The standard InChI is InChI=1S/C22H34N4OS2/c1-14(2)18-11-15(12-28-18)20-24-25-21(26(20)6)29-13-19(27)23-17-10-8-7-9-16(17)22(3,4)5/h11-12,14,16-17H,7-10,13H2,1-6H3,(H,23,27)/t16-,17+/m1/s1. The quantitative estimate of drug-likeness (QED) is 0.612. The zero-order chi connectivity index (χ0) is 21.2. The molecule has 1 N–H and O–H groups in total. The van der Waals surface area contributed by atoms with Crippen molar-refractivity contribution in [3.63, 3.8) is 0 Å². The van der Waals surface area contributed by atoms with Gasteiger partial charge >= 0.3 is 0 Å². The molecule has 3 rings (SSSR count). The number of carbonyl (C=O) groups excluding carboxylic acids is 1. The van der Waals surface area contributed by atoms with Crippen LogP contribution in [0.1, 0.15) is 71.1 Å². The van der Waals surface area contributed by atoms with Crippen molar-refractivity contribution in [2.45, 2.75) is 77.4 Å². The van der Waals surface area contributed by atoms with Gasteiger partial charge in [0, 0.05) is 28.9 Å². The molecule has 5 nitrogen and oxygen atoms in total. The lowest BCUT2D eigenvalue weighted by Gasteiger charge is -2.40. The minimum absolute atomic E-state index is 0.0957. The zero-order valence-corrected chi connectivity index (χ0v) is 20.1. The van der Waals surface area contributed by atoms with Crippen LogP contribution in [-0.4, -0.2) is 32.5 Å². The molecule has 2 aromatic heterocycles. The molecule has 1 fully saturated rings. The fourth-order valence-corrected chi connectivity index (χ4v) is 5.81. The van der Waals surface area contributed by atoms with Gasteiger partial charge in [0.15, 0.2) is 11.0 Å². The first-order chi connectivity index (χ1) is 13.7.